The van der Waals surface area contributed by atoms with Crippen molar-refractivity contribution in [1.29, 1.82) is 0 Å². The second kappa shape index (κ2) is 5.21. The summed E-state index contributed by atoms with van der Waals surface area (Å²) in [7, 11) is 1.60. The Hall–Kier alpha value is -1.55. The average Bonchev–Trinajstić information content (AvgIpc) is 2.41. The van der Waals surface area contributed by atoms with Crippen LogP contribution >= 0.6 is 0 Å². The van der Waals surface area contributed by atoms with Crippen molar-refractivity contribution in [2.75, 3.05) is 13.7 Å². The van der Waals surface area contributed by atoms with E-state index < -0.39 is 0 Å². The predicted octanol–water partition coefficient (Wildman–Crippen LogP) is 2.04. The van der Waals surface area contributed by atoms with Gasteiger partial charge in [0.15, 0.2) is 0 Å². The van der Waals surface area contributed by atoms with Crippen LogP contribution < -0.4 is 10.5 Å². The summed E-state index contributed by atoms with van der Waals surface area (Å²) in [6.45, 7) is 4.80. The number of rotatable bonds is 2. The van der Waals surface area contributed by atoms with Crippen LogP contribution in [0, 0.1) is 0 Å². The van der Waals surface area contributed by atoms with E-state index in [-0.39, 0.29) is 17.5 Å². The fourth-order valence-electron chi connectivity index (χ4n) is 2.52. The molecule has 0 aliphatic carbocycles. The van der Waals surface area contributed by atoms with Crippen LogP contribution in [-0.4, -0.2) is 36.0 Å². The molecule has 0 radical (unpaired) electrons. The molecule has 19 heavy (non-hydrogen) atoms. The van der Waals surface area contributed by atoms with Gasteiger partial charge in [0.1, 0.15) is 5.75 Å². The Morgan fingerprint density at radius 3 is 2.89 bits per heavy atom. The number of piperidine rings is 1. The van der Waals surface area contributed by atoms with Crippen LogP contribution in [0.25, 0.3) is 0 Å². The summed E-state index contributed by atoms with van der Waals surface area (Å²) < 4.78 is 5.17. The third kappa shape index (κ3) is 2.89. The van der Waals surface area contributed by atoms with Crippen LogP contribution in [0.3, 0.4) is 0 Å². The van der Waals surface area contributed by atoms with Gasteiger partial charge in [-0.25, -0.2) is 0 Å². The molecule has 4 heteroatoms. The Morgan fingerprint density at radius 2 is 2.21 bits per heavy atom. The monoisotopic (exact) mass is 262 g/mol. The number of nitrogens with zero attached hydrogens (tertiary/aromatic N) is 1. The number of amides is 1. The molecule has 1 aliphatic rings. The van der Waals surface area contributed by atoms with Crippen molar-refractivity contribution in [3.63, 3.8) is 0 Å². The van der Waals surface area contributed by atoms with Gasteiger partial charge in [-0.15, -0.1) is 0 Å². The summed E-state index contributed by atoms with van der Waals surface area (Å²) in [4.78, 5) is 14.5. The van der Waals surface area contributed by atoms with Crippen LogP contribution in [0.2, 0.25) is 0 Å². The number of methoxy groups -OCH3 is 1. The molecular weight excluding hydrogens is 240 g/mol. The van der Waals surface area contributed by atoms with E-state index in [4.69, 9.17) is 10.5 Å². The summed E-state index contributed by atoms with van der Waals surface area (Å²) >= 11 is 0. The lowest BCUT2D eigenvalue weighted by atomic mass is 9.87. The Balaban J connectivity index is 2.26. The van der Waals surface area contributed by atoms with Crippen LogP contribution in [0.5, 0.6) is 5.75 Å². The summed E-state index contributed by atoms with van der Waals surface area (Å²) in [6, 6.07) is 7.34. The second-order valence-electron chi connectivity index (χ2n) is 5.76. The summed E-state index contributed by atoms with van der Waals surface area (Å²) in [5.74, 6) is 0.726. The molecule has 1 atom stereocenters. The van der Waals surface area contributed by atoms with E-state index in [1.807, 2.05) is 23.1 Å². The van der Waals surface area contributed by atoms with Gasteiger partial charge < -0.3 is 15.4 Å². The van der Waals surface area contributed by atoms with Gasteiger partial charge in [0.2, 0.25) is 0 Å². The third-order valence-corrected chi connectivity index (χ3v) is 3.84. The molecule has 1 fully saturated rings. The number of carbonyl (C=O) groups is 1. The quantitative estimate of drug-likeness (QED) is 0.887. The molecule has 1 amide bonds. The largest absolute Gasteiger partial charge is 0.497 e. The molecule has 2 rings (SSSR count). The highest BCUT2D eigenvalue weighted by molar-refractivity contribution is 5.95. The van der Waals surface area contributed by atoms with Gasteiger partial charge in [0.05, 0.1) is 7.11 Å². The van der Waals surface area contributed by atoms with E-state index >= 15 is 0 Å². The first-order chi connectivity index (χ1) is 8.94. The average molecular weight is 262 g/mol. The molecule has 2 N–H and O–H groups in total. The SMILES string of the molecule is COc1cccc(C(=O)N2CC(N)CCC2(C)C)c1. The number of likely N-dealkylation sites (tertiary alicyclic amines) is 1. The van der Waals surface area contributed by atoms with Gasteiger partial charge in [-0.1, -0.05) is 6.07 Å². The highest BCUT2D eigenvalue weighted by atomic mass is 16.5. The third-order valence-electron chi connectivity index (χ3n) is 3.84. The smallest absolute Gasteiger partial charge is 0.254 e. The van der Waals surface area contributed by atoms with Crippen LogP contribution in [-0.2, 0) is 0 Å². The Kier molecular flexibility index (Phi) is 3.80. The lowest BCUT2D eigenvalue weighted by molar-refractivity contribution is 0.0395. The van der Waals surface area contributed by atoms with E-state index in [1.165, 1.54) is 0 Å². The second-order valence-corrected chi connectivity index (χ2v) is 5.76. The minimum Gasteiger partial charge on any atom is -0.497 e. The Labute approximate surface area is 114 Å². The first-order valence-electron chi connectivity index (χ1n) is 6.65. The van der Waals surface area contributed by atoms with Gasteiger partial charge in [0.25, 0.3) is 5.91 Å². The lowest BCUT2D eigenvalue weighted by Gasteiger charge is -2.44. The summed E-state index contributed by atoms with van der Waals surface area (Å²) in [5.41, 5.74) is 6.51. The number of benzene rings is 1. The molecule has 1 saturated heterocycles. The fraction of sp³-hybridized carbons (Fsp3) is 0.533. The molecule has 0 spiro atoms. The Morgan fingerprint density at radius 1 is 1.47 bits per heavy atom. The van der Waals surface area contributed by atoms with E-state index in [0.29, 0.717) is 17.9 Å². The zero-order valence-electron chi connectivity index (χ0n) is 11.8. The fourth-order valence-corrected chi connectivity index (χ4v) is 2.52. The van der Waals surface area contributed by atoms with E-state index in [9.17, 15) is 4.79 Å². The van der Waals surface area contributed by atoms with E-state index in [1.54, 1.807) is 13.2 Å². The molecule has 104 valence electrons. The maximum Gasteiger partial charge on any atom is 0.254 e. The molecule has 4 nitrogen and oxygen atoms in total. The van der Waals surface area contributed by atoms with Crippen molar-refractivity contribution in [3.05, 3.63) is 29.8 Å². The molecule has 0 aromatic heterocycles. The Bertz CT molecular complexity index is 471. The minimum absolute atomic E-state index is 0.0269. The predicted molar refractivity (Wildman–Crippen MR) is 75.3 cm³/mol. The van der Waals surface area contributed by atoms with Gasteiger partial charge in [0, 0.05) is 23.7 Å². The van der Waals surface area contributed by atoms with Crippen molar-refractivity contribution >= 4 is 5.91 Å². The number of nitrogens with two attached hydrogens (primary N) is 1. The molecule has 0 bridgehead atoms. The zero-order valence-corrected chi connectivity index (χ0v) is 11.8. The number of hydrogen-bond acceptors (Lipinski definition) is 3. The summed E-state index contributed by atoms with van der Waals surface area (Å²) in [6.07, 6.45) is 1.90. The van der Waals surface area contributed by atoms with Crippen molar-refractivity contribution in [2.24, 2.45) is 5.73 Å². The van der Waals surface area contributed by atoms with Crippen molar-refractivity contribution in [2.45, 2.75) is 38.3 Å². The van der Waals surface area contributed by atoms with E-state index in [2.05, 4.69) is 13.8 Å². The van der Waals surface area contributed by atoms with Crippen LogP contribution in [0.1, 0.15) is 37.0 Å². The maximum atomic E-state index is 12.6. The van der Waals surface area contributed by atoms with Gasteiger partial charge >= 0.3 is 0 Å². The topological polar surface area (TPSA) is 55.6 Å². The van der Waals surface area contributed by atoms with Crippen molar-refractivity contribution < 1.29 is 9.53 Å². The maximum absolute atomic E-state index is 12.6. The van der Waals surface area contributed by atoms with Crippen molar-refractivity contribution in [1.82, 2.24) is 4.90 Å². The molecule has 1 unspecified atom stereocenters. The lowest BCUT2D eigenvalue weighted by Crippen LogP contribution is -2.56. The molecule has 1 aromatic rings. The molecule has 1 heterocycles. The summed E-state index contributed by atoms with van der Waals surface area (Å²) in [5, 5.41) is 0. The first kappa shape index (κ1) is 13.9. The van der Waals surface area contributed by atoms with E-state index in [0.717, 1.165) is 12.8 Å². The number of carbonyl (C=O) groups excluding carboxylic acids is 1. The van der Waals surface area contributed by atoms with Crippen LogP contribution in [0.4, 0.5) is 0 Å². The van der Waals surface area contributed by atoms with Crippen molar-refractivity contribution in [3.8, 4) is 5.75 Å². The molecule has 1 aromatic carbocycles. The highest BCUT2D eigenvalue weighted by Crippen LogP contribution is 2.29. The minimum atomic E-state index is -0.143. The van der Waals surface area contributed by atoms with Crippen LogP contribution in [0.15, 0.2) is 24.3 Å². The highest BCUT2D eigenvalue weighted by Gasteiger charge is 2.36. The standard InChI is InChI=1S/C15H22N2O2/c1-15(2)8-7-12(16)10-17(15)14(18)11-5-4-6-13(9-11)19-3/h4-6,9,12H,7-8,10,16H2,1-3H3. The van der Waals surface area contributed by atoms with Gasteiger partial charge in [-0.05, 0) is 44.9 Å². The molecular formula is C15H22N2O2. The van der Waals surface area contributed by atoms with Gasteiger partial charge in [-0.2, -0.15) is 0 Å². The normalized spacial score (nSPS) is 22.1. The number of hydrogen-bond donors (Lipinski definition) is 1. The van der Waals surface area contributed by atoms with Gasteiger partial charge in [-0.3, -0.25) is 4.79 Å². The first-order valence-corrected chi connectivity index (χ1v) is 6.65. The number of ether oxygens (including phenoxy) is 1. The molecule has 0 saturated carbocycles. The zero-order chi connectivity index (χ0) is 14.0. The molecule has 1 aliphatic heterocycles.